The minimum atomic E-state index is -4.76. The Balaban J connectivity index is 1.47. The molecule has 202 valence electrons. The maximum absolute atomic E-state index is 14.2. The predicted octanol–water partition coefficient (Wildman–Crippen LogP) is 3.26. The van der Waals surface area contributed by atoms with E-state index in [0.717, 1.165) is 17.7 Å². The molecule has 8 nitrogen and oxygen atoms in total. The molecule has 2 aliphatic heterocycles. The zero-order valence-corrected chi connectivity index (χ0v) is 20.9. The number of likely N-dealkylation sites (N-methyl/N-ethyl adjacent to an activating group) is 1. The molecule has 1 unspecified atom stereocenters. The van der Waals surface area contributed by atoms with E-state index in [-0.39, 0.29) is 37.9 Å². The van der Waals surface area contributed by atoms with Crippen molar-refractivity contribution in [1.29, 1.82) is 0 Å². The van der Waals surface area contributed by atoms with Gasteiger partial charge in [0.25, 0.3) is 11.8 Å². The molecule has 1 spiro atoms. The fourth-order valence-corrected chi connectivity index (χ4v) is 5.08. The lowest BCUT2D eigenvalue weighted by atomic mass is 9.85. The third kappa shape index (κ3) is 5.02. The first-order chi connectivity index (χ1) is 17.3. The molecule has 4 rings (SSSR count). The van der Waals surface area contributed by atoms with Crippen LogP contribution in [0, 0.1) is 17.7 Å². The van der Waals surface area contributed by atoms with Gasteiger partial charge in [-0.1, -0.05) is 13.8 Å². The van der Waals surface area contributed by atoms with Gasteiger partial charge in [-0.05, 0) is 55.7 Å². The number of urea groups is 1. The van der Waals surface area contributed by atoms with Crippen LogP contribution in [0.4, 0.5) is 22.4 Å². The van der Waals surface area contributed by atoms with Gasteiger partial charge in [0.15, 0.2) is 0 Å². The summed E-state index contributed by atoms with van der Waals surface area (Å²) in [7, 11) is 1.45. The molecule has 0 bridgehead atoms. The lowest BCUT2D eigenvalue weighted by Crippen LogP contribution is -2.60. The monoisotopic (exact) mass is 526 g/mol. The van der Waals surface area contributed by atoms with Gasteiger partial charge in [0.05, 0.1) is 11.1 Å². The Morgan fingerprint density at radius 2 is 1.76 bits per heavy atom. The van der Waals surface area contributed by atoms with Crippen molar-refractivity contribution in [3.8, 4) is 0 Å². The van der Waals surface area contributed by atoms with E-state index in [9.17, 15) is 36.7 Å². The summed E-state index contributed by atoms with van der Waals surface area (Å²) in [5.74, 6) is -3.11. The lowest BCUT2D eigenvalue weighted by Gasteiger charge is -2.43. The van der Waals surface area contributed by atoms with Crippen molar-refractivity contribution in [3.05, 3.63) is 35.1 Å². The van der Waals surface area contributed by atoms with Crippen molar-refractivity contribution in [3.63, 3.8) is 0 Å². The zero-order valence-electron chi connectivity index (χ0n) is 20.9. The minimum Gasteiger partial charge on any atom is -0.341 e. The van der Waals surface area contributed by atoms with Crippen LogP contribution < -0.4 is 5.32 Å². The van der Waals surface area contributed by atoms with E-state index >= 15 is 0 Å². The molecule has 37 heavy (non-hydrogen) atoms. The van der Waals surface area contributed by atoms with Crippen LogP contribution >= 0.6 is 0 Å². The molecule has 2 heterocycles. The molecule has 1 saturated carbocycles. The third-order valence-electron chi connectivity index (χ3n) is 7.53. The van der Waals surface area contributed by atoms with Crippen molar-refractivity contribution >= 4 is 23.8 Å². The molecule has 12 heteroatoms. The third-order valence-corrected chi connectivity index (χ3v) is 7.53. The lowest BCUT2D eigenvalue weighted by molar-refractivity contribution is -0.142. The molecule has 1 atom stereocenters. The number of piperidine rings is 1. The molecule has 2 saturated heterocycles. The highest BCUT2D eigenvalue weighted by atomic mass is 19.4. The first-order valence-electron chi connectivity index (χ1n) is 12.3. The Morgan fingerprint density at radius 3 is 2.30 bits per heavy atom. The van der Waals surface area contributed by atoms with Gasteiger partial charge < -0.3 is 15.1 Å². The summed E-state index contributed by atoms with van der Waals surface area (Å²) in [5, 5.41) is 2.40. The number of imide groups is 1. The average Bonchev–Trinajstić information content (AvgIpc) is 3.65. The highest BCUT2D eigenvalue weighted by molar-refractivity contribution is 6.07. The molecule has 1 aliphatic carbocycles. The number of amides is 5. The van der Waals surface area contributed by atoms with Gasteiger partial charge in [0.2, 0.25) is 5.91 Å². The van der Waals surface area contributed by atoms with E-state index in [0.29, 0.717) is 30.7 Å². The Bertz CT molecular complexity index is 1110. The number of rotatable bonds is 6. The van der Waals surface area contributed by atoms with Gasteiger partial charge in [0.1, 0.15) is 17.4 Å². The minimum absolute atomic E-state index is 0.157. The van der Waals surface area contributed by atoms with Crippen molar-refractivity contribution < 1.29 is 36.7 Å². The van der Waals surface area contributed by atoms with Crippen LogP contribution in [0.5, 0.6) is 0 Å². The fraction of sp³-hybridized carbons (Fsp3) is 0.600. The molecule has 3 fully saturated rings. The van der Waals surface area contributed by atoms with Crippen LogP contribution in [-0.4, -0.2) is 76.7 Å². The van der Waals surface area contributed by atoms with Gasteiger partial charge in [0, 0.05) is 26.7 Å². The molecular weight excluding hydrogens is 496 g/mol. The molecule has 1 N–H and O–H groups in total. The second kappa shape index (κ2) is 9.60. The van der Waals surface area contributed by atoms with E-state index in [1.807, 2.05) is 0 Å². The quantitative estimate of drug-likeness (QED) is 0.455. The second-order valence-corrected chi connectivity index (χ2v) is 10.4. The van der Waals surface area contributed by atoms with E-state index in [1.165, 1.54) is 11.9 Å². The molecular formula is C25H30F4N4O4. The van der Waals surface area contributed by atoms with Gasteiger partial charge in [-0.3, -0.25) is 19.3 Å². The molecule has 1 aromatic rings. The standard InChI is InChI=1S/C25H30F4N4O4/c1-14(2)19(30-20(34)17-12-16(25(27,28)29)6-7-18(17)26)21(35)32-10-8-24(9-11-32)22(36)31(3)23(37)33(24)13-15-4-5-15/h6-7,12,14-15,19H,4-5,8-11,13H2,1-3H3,(H,30,34). The van der Waals surface area contributed by atoms with Crippen LogP contribution in [0.1, 0.15) is 55.5 Å². The van der Waals surface area contributed by atoms with Gasteiger partial charge in [-0.25, -0.2) is 9.18 Å². The average molecular weight is 527 g/mol. The Morgan fingerprint density at radius 1 is 1.14 bits per heavy atom. The normalized spacial score (nSPS) is 20.7. The summed E-state index contributed by atoms with van der Waals surface area (Å²) in [4.78, 5) is 56.1. The Kier molecular flexibility index (Phi) is 6.98. The summed E-state index contributed by atoms with van der Waals surface area (Å²) >= 11 is 0. The van der Waals surface area contributed by atoms with Gasteiger partial charge >= 0.3 is 12.2 Å². The van der Waals surface area contributed by atoms with E-state index in [4.69, 9.17) is 0 Å². The molecule has 0 aromatic heterocycles. The highest BCUT2D eigenvalue weighted by Gasteiger charge is 2.58. The first-order valence-corrected chi connectivity index (χ1v) is 12.3. The number of alkyl halides is 3. The fourth-order valence-electron chi connectivity index (χ4n) is 5.08. The van der Waals surface area contributed by atoms with Crippen molar-refractivity contribution in [2.75, 3.05) is 26.7 Å². The summed E-state index contributed by atoms with van der Waals surface area (Å²) in [6.07, 6.45) is -2.28. The number of benzene rings is 1. The summed E-state index contributed by atoms with van der Waals surface area (Å²) in [5.41, 5.74) is -2.99. The first kappa shape index (κ1) is 26.9. The molecule has 1 aromatic carbocycles. The molecule has 3 aliphatic rings. The molecule has 0 radical (unpaired) electrons. The van der Waals surface area contributed by atoms with Crippen molar-refractivity contribution in [2.45, 2.75) is 57.3 Å². The highest BCUT2D eigenvalue weighted by Crippen LogP contribution is 2.41. The Hall–Kier alpha value is -3.18. The van der Waals surface area contributed by atoms with Crippen molar-refractivity contribution in [2.24, 2.45) is 11.8 Å². The van der Waals surface area contributed by atoms with E-state index < -0.39 is 52.4 Å². The number of nitrogens with one attached hydrogen (secondary N) is 1. The van der Waals surface area contributed by atoms with E-state index in [2.05, 4.69) is 5.32 Å². The SMILES string of the molecule is CC(C)C(NC(=O)c1cc(C(F)(F)F)ccc1F)C(=O)N1CCC2(CC1)C(=O)N(C)C(=O)N2CC1CC1. The number of hydrogen-bond donors (Lipinski definition) is 1. The van der Waals surface area contributed by atoms with Crippen molar-refractivity contribution in [1.82, 2.24) is 20.0 Å². The Labute approximate surface area is 211 Å². The number of halogens is 4. The maximum atomic E-state index is 14.2. The predicted molar refractivity (Wildman–Crippen MR) is 124 cm³/mol. The van der Waals surface area contributed by atoms with Crippen LogP contribution in [0.3, 0.4) is 0 Å². The summed E-state index contributed by atoms with van der Waals surface area (Å²) < 4.78 is 53.4. The topological polar surface area (TPSA) is 90.0 Å². The van der Waals surface area contributed by atoms with Crippen LogP contribution in [0.2, 0.25) is 0 Å². The number of nitrogens with zero attached hydrogens (tertiary/aromatic N) is 3. The van der Waals surface area contributed by atoms with Crippen LogP contribution in [-0.2, 0) is 15.8 Å². The number of carbonyl (C=O) groups is 4. The zero-order chi connectivity index (χ0) is 27.3. The molecule has 5 amide bonds. The number of hydrogen-bond acceptors (Lipinski definition) is 4. The smallest absolute Gasteiger partial charge is 0.341 e. The van der Waals surface area contributed by atoms with E-state index in [1.54, 1.807) is 18.7 Å². The summed E-state index contributed by atoms with van der Waals surface area (Å²) in [6.45, 7) is 4.12. The summed E-state index contributed by atoms with van der Waals surface area (Å²) in [6, 6.07) is 0.0666. The van der Waals surface area contributed by atoms with Crippen LogP contribution in [0.25, 0.3) is 0 Å². The second-order valence-electron chi connectivity index (χ2n) is 10.4. The van der Waals surface area contributed by atoms with Gasteiger partial charge in [-0.2, -0.15) is 13.2 Å². The number of carbonyl (C=O) groups excluding carboxylic acids is 4. The van der Waals surface area contributed by atoms with Gasteiger partial charge in [-0.15, -0.1) is 0 Å². The maximum Gasteiger partial charge on any atom is 0.416 e. The number of likely N-dealkylation sites (tertiary alicyclic amines) is 1. The largest absolute Gasteiger partial charge is 0.416 e. The van der Waals surface area contributed by atoms with Crippen LogP contribution in [0.15, 0.2) is 18.2 Å².